The number of rotatable bonds is 3. The Morgan fingerprint density at radius 1 is 1.44 bits per heavy atom. The van der Waals surface area contributed by atoms with E-state index in [-0.39, 0.29) is 5.78 Å². The fraction of sp³-hybridized carbons (Fsp3) is 0.500. The predicted molar refractivity (Wildman–Crippen MR) is 69.4 cm³/mol. The second kappa shape index (κ2) is 5.50. The number of hydrogen-bond acceptors (Lipinski definition) is 4. The first-order valence-corrected chi connectivity index (χ1v) is 6.15. The number of ether oxygens (including phenoxy) is 2. The summed E-state index contributed by atoms with van der Waals surface area (Å²) in [6.45, 7) is 5.86. The van der Waals surface area contributed by atoms with Crippen molar-refractivity contribution >= 4 is 5.78 Å². The molecule has 1 aromatic rings. The van der Waals surface area contributed by atoms with Gasteiger partial charge in [-0.3, -0.25) is 4.79 Å². The molecule has 1 atom stereocenters. The lowest BCUT2D eigenvalue weighted by molar-refractivity contribution is 0.0267. The Morgan fingerprint density at radius 2 is 2.22 bits per heavy atom. The molecular weight excluding hydrogens is 230 g/mol. The van der Waals surface area contributed by atoms with E-state index in [0.717, 1.165) is 17.7 Å². The quantitative estimate of drug-likeness (QED) is 0.824. The third-order valence-corrected chi connectivity index (χ3v) is 3.13. The second-order valence-electron chi connectivity index (χ2n) is 4.59. The van der Waals surface area contributed by atoms with Crippen LogP contribution >= 0.6 is 0 Å². The molecule has 1 aliphatic rings. The van der Waals surface area contributed by atoms with Gasteiger partial charge in [-0.25, -0.2) is 0 Å². The highest BCUT2D eigenvalue weighted by Gasteiger charge is 2.27. The van der Waals surface area contributed by atoms with Crippen LogP contribution in [0.2, 0.25) is 0 Å². The van der Waals surface area contributed by atoms with Crippen molar-refractivity contribution in [3.05, 3.63) is 28.8 Å². The molecule has 1 aliphatic heterocycles. The first-order chi connectivity index (χ1) is 8.63. The van der Waals surface area contributed by atoms with Gasteiger partial charge in [-0.15, -0.1) is 0 Å². The topological polar surface area (TPSA) is 47.6 Å². The minimum atomic E-state index is -0.408. The molecule has 1 fully saturated rings. The maximum absolute atomic E-state index is 12.5. The van der Waals surface area contributed by atoms with Crippen molar-refractivity contribution in [1.29, 1.82) is 0 Å². The summed E-state index contributed by atoms with van der Waals surface area (Å²) >= 11 is 0. The monoisotopic (exact) mass is 249 g/mol. The zero-order valence-electron chi connectivity index (χ0n) is 11.1. The smallest absolute Gasteiger partial charge is 0.196 e. The molecule has 98 valence electrons. The van der Waals surface area contributed by atoms with Crippen LogP contribution in [0.25, 0.3) is 0 Å². The van der Waals surface area contributed by atoms with Gasteiger partial charge in [0.05, 0.1) is 19.3 Å². The Morgan fingerprint density at radius 3 is 2.83 bits per heavy atom. The summed E-state index contributed by atoms with van der Waals surface area (Å²) in [5.41, 5.74) is 2.66. The number of carbonyl (C=O) groups excluding carboxylic acids is 1. The van der Waals surface area contributed by atoms with E-state index in [4.69, 9.17) is 9.47 Å². The standard InChI is InChI=1S/C14H19NO3/c1-9-6-10(2)13(11(7-9)17-3)14(16)12-8-15-4-5-18-12/h6-7,12,15H,4-5,8H2,1-3H3. The lowest BCUT2D eigenvalue weighted by Gasteiger charge is -2.24. The lowest BCUT2D eigenvalue weighted by atomic mass is 9.97. The van der Waals surface area contributed by atoms with Crippen molar-refractivity contribution in [3.63, 3.8) is 0 Å². The number of methoxy groups -OCH3 is 1. The number of Topliss-reactive ketones (excluding diaryl/α,β-unsaturated/α-hetero) is 1. The maximum Gasteiger partial charge on any atom is 0.196 e. The molecule has 1 N–H and O–H groups in total. The lowest BCUT2D eigenvalue weighted by Crippen LogP contribution is -2.43. The molecule has 0 spiro atoms. The highest BCUT2D eigenvalue weighted by molar-refractivity contribution is 6.03. The van der Waals surface area contributed by atoms with Gasteiger partial charge in [0, 0.05) is 13.1 Å². The van der Waals surface area contributed by atoms with Crippen LogP contribution in [0.3, 0.4) is 0 Å². The van der Waals surface area contributed by atoms with Crippen LogP contribution in [0.1, 0.15) is 21.5 Å². The molecule has 18 heavy (non-hydrogen) atoms. The van der Waals surface area contributed by atoms with Gasteiger partial charge < -0.3 is 14.8 Å². The van der Waals surface area contributed by atoms with Crippen molar-refractivity contribution in [2.24, 2.45) is 0 Å². The Labute approximate surface area is 107 Å². The Bertz CT molecular complexity index is 451. The van der Waals surface area contributed by atoms with E-state index in [1.54, 1.807) is 7.11 Å². The average molecular weight is 249 g/mol. The number of hydrogen-bond donors (Lipinski definition) is 1. The van der Waals surface area contributed by atoms with Crippen LogP contribution in [0.4, 0.5) is 0 Å². The number of benzene rings is 1. The number of carbonyl (C=O) groups is 1. The highest BCUT2D eigenvalue weighted by Crippen LogP contribution is 2.26. The Kier molecular flexibility index (Phi) is 3.99. The van der Waals surface area contributed by atoms with Crippen LogP contribution in [-0.4, -0.2) is 38.7 Å². The minimum absolute atomic E-state index is 0.00319. The van der Waals surface area contributed by atoms with E-state index >= 15 is 0 Å². The summed E-state index contributed by atoms with van der Waals surface area (Å²) < 4.78 is 10.8. The average Bonchev–Trinajstić information content (AvgIpc) is 2.38. The SMILES string of the molecule is COc1cc(C)cc(C)c1C(=O)C1CNCCO1. The van der Waals surface area contributed by atoms with Crippen LogP contribution in [0.15, 0.2) is 12.1 Å². The summed E-state index contributed by atoms with van der Waals surface area (Å²) in [6.07, 6.45) is -0.408. The van der Waals surface area contributed by atoms with Gasteiger partial charge in [0.25, 0.3) is 0 Å². The second-order valence-corrected chi connectivity index (χ2v) is 4.59. The number of morpholine rings is 1. The first kappa shape index (κ1) is 13.1. The molecule has 0 radical (unpaired) electrons. The molecule has 1 aromatic carbocycles. The Balaban J connectivity index is 2.34. The molecular formula is C14H19NO3. The fourth-order valence-corrected chi connectivity index (χ4v) is 2.30. The van der Waals surface area contributed by atoms with Crippen molar-refractivity contribution in [2.45, 2.75) is 20.0 Å². The molecule has 0 aliphatic carbocycles. The molecule has 1 heterocycles. The predicted octanol–water partition coefficient (Wildman–Crippen LogP) is 1.48. The van der Waals surface area contributed by atoms with Crippen LogP contribution < -0.4 is 10.1 Å². The first-order valence-electron chi connectivity index (χ1n) is 6.15. The van der Waals surface area contributed by atoms with E-state index in [2.05, 4.69) is 5.32 Å². The van der Waals surface area contributed by atoms with Gasteiger partial charge in [-0.05, 0) is 31.0 Å². The van der Waals surface area contributed by atoms with Crippen molar-refractivity contribution in [3.8, 4) is 5.75 Å². The normalized spacial score (nSPS) is 19.6. The summed E-state index contributed by atoms with van der Waals surface area (Å²) in [5.74, 6) is 0.628. The number of aryl methyl sites for hydroxylation is 2. The third kappa shape index (κ3) is 2.54. The molecule has 1 saturated heterocycles. The molecule has 1 unspecified atom stereocenters. The molecule has 4 nitrogen and oxygen atoms in total. The third-order valence-electron chi connectivity index (χ3n) is 3.13. The molecule has 0 amide bonds. The summed E-state index contributed by atoms with van der Waals surface area (Å²) in [7, 11) is 1.59. The van der Waals surface area contributed by atoms with Crippen LogP contribution in [-0.2, 0) is 4.74 Å². The van der Waals surface area contributed by atoms with Gasteiger partial charge in [0.1, 0.15) is 11.9 Å². The number of nitrogens with one attached hydrogen (secondary N) is 1. The van der Waals surface area contributed by atoms with Gasteiger partial charge in [0.2, 0.25) is 0 Å². The fourth-order valence-electron chi connectivity index (χ4n) is 2.30. The summed E-state index contributed by atoms with van der Waals surface area (Å²) in [6, 6.07) is 3.88. The molecule has 4 heteroatoms. The van der Waals surface area contributed by atoms with E-state index in [9.17, 15) is 4.79 Å². The highest BCUT2D eigenvalue weighted by atomic mass is 16.5. The largest absolute Gasteiger partial charge is 0.496 e. The van der Waals surface area contributed by atoms with Crippen molar-refractivity contribution in [2.75, 3.05) is 26.8 Å². The number of ketones is 1. The minimum Gasteiger partial charge on any atom is -0.496 e. The van der Waals surface area contributed by atoms with Crippen LogP contribution in [0, 0.1) is 13.8 Å². The van der Waals surface area contributed by atoms with E-state index in [1.807, 2.05) is 26.0 Å². The van der Waals surface area contributed by atoms with Gasteiger partial charge in [-0.2, -0.15) is 0 Å². The van der Waals surface area contributed by atoms with Crippen molar-refractivity contribution in [1.82, 2.24) is 5.32 Å². The van der Waals surface area contributed by atoms with E-state index in [0.29, 0.717) is 24.5 Å². The summed E-state index contributed by atoms with van der Waals surface area (Å²) in [5, 5.41) is 3.17. The van der Waals surface area contributed by atoms with E-state index < -0.39 is 6.10 Å². The van der Waals surface area contributed by atoms with Crippen molar-refractivity contribution < 1.29 is 14.3 Å². The maximum atomic E-state index is 12.5. The van der Waals surface area contributed by atoms with Gasteiger partial charge in [0.15, 0.2) is 5.78 Å². The molecule has 0 saturated carbocycles. The zero-order chi connectivity index (χ0) is 13.1. The van der Waals surface area contributed by atoms with Gasteiger partial charge in [-0.1, -0.05) is 6.07 Å². The zero-order valence-corrected chi connectivity index (χ0v) is 11.1. The van der Waals surface area contributed by atoms with Gasteiger partial charge >= 0.3 is 0 Å². The van der Waals surface area contributed by atoms with Crippen LogP contribution in [0.5, 0.6) is 5.75 Å². The Hall–Kier alpha value is -1.39. The molecule has 2 rings (SSSR count). The van der Waals surface area contributed by atoms with E-state index in [1.165, 1.54) is 0 Å². The molecule has 0 aromatic heterocycles. The molecule has 0 bridgehead atoms. The summed E-state index contributed by atoms with van der Waals surface area (Å²) in [4.78, 5) is 12.5.